The number of urea groups is 1. The SMILES string of the molecule is O=C(O)CCCC[C@]1(C(=O)NCCCCCC(=O)ON2C(=O)CCC2=O)SC[C@@H]2NC(=O)N[C@@H]21. The molecular formula is C21H30N4O8S. The molecule has 3 aliphatic rings. The molecule has 5 amide bonds. The number of carbonyl (C=O) groups is 6. The molecule has 0 bridgehead atoms. The predicted octanol–water partition coefficient (Wildman–Crippen LogP) is 0.451. The van der Waals surface area contributed by atoms with Gasteiger partial charge in [-0.2, -0.15) is 0 Å². The zero-order valence-electron chi connectivity index (χ0n) is 18.8. The second kappa shape index (κ2) is 11.5. The molecule has 188 valence electrons. The van der Waals surface area contributed by atoms with E-state index in [9.17, 15) is 28.8 Å². The molecule has 12 nitrogen and oxygen atoms in total. The highest BCUT2D eigenvalue weighted by Crippen LogP contribution is 2.44. The summed E-state index contributed by atoms with van der Waals surface area (Å²) < 4.78 is -0.860. The van der Waals surface area contributed by atoms with Crippen LogP contribution in [0.25, 0.3) is 0 Å². The van der Waals surface area contributed by atoms with Gasteiger partial charge in [0.25, 0.3) is 11.8 Å². The van der Waals surface area contributed by atoms with E-state index >= 15 is 0 Å². The number of unbranched alkanes of at least 4 members (excludes halogenated alkanes) is 3. The lowest BCUT2D eigenvalue weighted by atomic mass is 9.88. The number of aliphatic carboxylic acids is 1. The Morgan fingerprint density at radius 2 is 1.74 bits per heavy atom. The molecule has 3 fully saturated rings. The van der Waals surface area contributed by atoms with Crippen LogP contribution < -0.4 is 16.0 Å². The maximum absolute atomic E-state index is 13.2. The zero-order valence-corrected chi connectivity index (χ0v) is 19.6. The van der Waals surface area contributed by atoms with E-state index in [1.165, 1.54) is 11.8 Å². The van der Waals surface area contributed by atoms with Crippen molar-refractivity contribution in [3.8, 4) is 0 Å². The number of fused-ring (bicyclic) bond motifs is 1. The summed E-state index contributed by atoms with van der Waals surface area (Å²) in [6.07, 6.45) is 3.35. The quantitative estimate of drug-likeness (QED) is 0.160. The monoisotopic (exact) mass is 498 g/mol. The van der Waals surface area contributed by atoms with Gasteiger partial charge < -0.3 is 25.9 Å². The van der Waals surface area contributed by atoms with E-state index in [4.69, 9.17) is 9.94 Å². The molecule has 4 N–H and O–H groups in total. The smallest absolute Gasteiger partial charge is 0.333 e. The topological polar surface area (TPSA) is 171 Å². The molecule has 3 heterocycles. The Morgan fingerprint density at radius 1 is 1.03 bits per heavy atom. The normalized spacial score (nSPS) is 25.6. The Morgan fingerprint density at radius 3 is 2.44 bits per heavy atom. The average molecular weight is 499 g/mol. The van der Waals surface area contributed by atoms with Crippen LogP contribution in [0.5, 0.6) is 0 Å². The van der Waals surface area contributed by atoms with Gasteiger partial charge in [0.2, 0.25) is 5.91 Å². The Balaban J connectivity index is 1.40. The van der Waals surface area contributed by atoms with E-state index in [1.54, 1.807) is 0 Å². The molecule has 0 saturated carbocycles. The fourth-order valence-corrected chi connectivity index (χ4v) is 6.03. The van der Waals surface area contributed by atoms with Gasteiger partial charge in [0.05, 0.1) is 12.1 Å². The number of carboxylic acid groups (broad SMARTS) is 1. The van der Waals surface area contributed by atoms with Crippen LogP contribution in [0.4, 0.5) is 4.79 Å². The third-order valence-corrected chi connectivity index (χ3v) is 7.83. The molecule has 13 heteroatoms. The Labute approximate surface area is 200 Å². The van der Waals surface area contributed by atoms with E-state index in [0.29, 0.717) is 55.9 Å². The first-order valence-electron chi connectivity index (χ1n) is 11.5. The molecule has 0 spiro atoms. The second-order valence-electron chi connectivity index (χ2n) is 8.62. The van der Waals surface area contributed by atoms with Crippen LogP contribution in [0, 0.1) is 0 Å². The fraction of sp³-hybridized carbons (Fsp3) is 0.714. The minimum Gasteiger partial charge on any atom is -0.481 e. The maximum Gasteiger partial charge on any atom is 0.333 e. The molecule has 0 unspecified atom stereocenters. The molecular weight excluding hydrogens is 468 g/mol. The summed E-state index contributed by atoms with van der Waals surface area (Å²) in [5.74, 6) is -2.15. The number of carbonyl (C=O) groups excluding carboxylic acids is 5. The number of imide groups is 1. The molecule has 0 aromatic heterocycles. The van der Waals surface area contributed by atoms with Crippen LogP contribution in [0.2, 0.25) is 0 Å². The van der Waals surface area contributed by atoms with Crippen LogP contribution in [-0.2, 0) is 28.8 Å². The minimum atomic E-state index is -0.881. The van der Waals surface area contributed by atoms with E-state index in [0.717, 1.165) is 0 Å². The number of carboxylic acids is 1. The average Bonchev–Trinajstić information content (AvgIpc) is 3.42. The number of thioether (sulfide) groups is 1. The van der Waals surface area contributed by atoms with Crippen molar-refractivity contribution < 1.29 is 38.7 Å². The Hall–Kier alpha value is -2.83. The number of hydroxylamine groups is 2. The molecule has 0 aromatic rings. The van der Waals surface area contributed by atoms with E-state index < -0.39 is 28.5 Å². The first-order chi connectivity index (χ1) is 16.2. The van der Waals surface area contributed by atoms with Crippen molar-refractivity contribution in [1.82, 2.24) is 21.0 Å². The van der Waals surface area contributed by atoms with Gasteiger partial charge in [0.1, 0.15) is 4.75 Å². The zero-order chi connectivity index (χ0) is 24.7. The van der Waals surface area contributed by atoms with E-state index in [-0.39, 0.29) is 49.7 Å². The number of rotatable bonds is 13. The van der Waals surface area contributed by atoms with Gasteiger partial charge in [-0.15, -0.1) is 16.8 Å². The lowest BCUT2D eigenvalue weighted by Crippen LogP contribution is -2.56. The van der Waals surface area contributed by atoms with Crippen LogP contribution in [-0.4, -0.2) is 75.0 Å². The first kappa shape index (κ1) is 25.8. The van der Waals surface area contributed by atoms with Crippen LogP contribution in [0.1, 0.15) is 64.2 Å². The molecule has 3 saturated heterocycles. The van der Waals surface area contributed by atoms with Crippen LogP contribution in [0.3, 0.4) is 0 Å². The number of amides is 5. The summed E-state index contributed by atoms with van der Waals surface area (Å²) in [4.78, 5) is 75.4. The molecule has 34 heavy (non-hydrogen) atoms. The van der Waals surface area contributed by atoms with E-state index in [1.807, 2.05) is 0 Å². The van der Waals surface area contributed by atoms with Gasteiger partial charge in [0, 0.05) is 38.0 Å². The highest BCUT2D eigenvalue weighted by Gasteiger charge is 2.57. The van der Waals surface area contributed by atoms with Crippen LogP contribution >= 0.6 is 11.8 Å². The number of nitrogens with one attached hydrogen (secondary N) is 3. The summed E-state index contributed by atoms with van der Waals surface area (Å²) >= 11 is 1.48. The standard InChI is InChI=1S/C21H30N4O8S/c26-14-8-9-15(27)25(14)33-17(30)7-2-1-5-11-22-19(31)21(10-4-3-6-16(28)29)18-13(12-34-21)23-20(32)24-18/h13,18H,1-12H2,(H,22,31)(H,28,29)(H2,23,24,32)/t13-,18-,21-/m0/s1. The Kier molecular flexibility index (Phi) is 8.75. The molecule has 0 radical (unpaired) electrons. The maximum atomic E-state index is 13.2. The minimum absolute atomic E-state index is 0.0313. The van der Waals surface area contributed by atoms with Gasteiger partial charge in [-0.25, -0.2) is 9.59 Å². The van der Waals surface area contributed by atoms with Crippen molar-refractivity contribution in [2.45, 2.75) is 81.0 Å². The highest BCUT2D eigenvalue weighted by atomic mass is 32.2. The molecule has 3 rings (SSSR count). The predicted molar refractivity (Wildman–Crippen MR) is 119 cm³/mol. The first-order valence-corrected chi connectivity index (χ1v) is 12.5. The van der Waals surface area contributed by atoms with Gasteiger partial charge in [0.15, 0.2) is 0 Å². The van der Waals surface area contributed by atoms with Crippen molar-refractivity contribution in [2.24, 2.45) is 0 Å². The van der Waals surface area contributed by atoms with Crippen molar-refractivity contribution >= 4 is 47.5 Å². The summed E-state index contributed by atoms with van der Waals surface area (Å²) in [5, 5.41) is 18.0. The highest BCUT2D eigenvalue weighted by molar-refractivity contribution is 8.01. The summed E-state index contributed by atoms with van der Waals surface area (Å²) in [6.45, 7) is 0.382. The lowest BCUT2D eigenvalue weighted by molar-refractivity contribution is -0.197. The van der Waals surface area contributed by atoms with Crippen LogP contribution in [0.15, 0.2) is 0 Å². The van der Waals surface area contributed by atoms with Crippen molar-refractivity contribution in [3.63, 3.8) is 0 Å². The second-order valence-corrected chi connectivity index (χ2v) is 9.97. The molecule has 0 aliphatic carbocycles. The molecule has 0 aromatic carbocycles. The third-order valence-electron chi connectivity index (χ3n) is 6.14. The summed E-state index contributed by atoms with van der Waals surface area (Å²) in [5.41, 5.74) is 0. The van der Waals surface area contributed by atoms with Gasteiger partial charge in [-0.3, -0.25) is 19.2 Å². The lowest BCUT2D eigenvalue weighted by Gasteiger charge is -2.32. The molecule has 3 atom stereocenters. The Bertz CT molecular complexity index is 837. The molecule has 3 aliphatic heterocycles. The van der Waals surface area contributed by atoms with Crippen molar-refractivity contribution in [1.29, 1.82) is 0 Å². The van der Waals surface area contributed by atoms with Gasteiger partial charge in [-0.05, 0) is 25.7 Å². The van der Waals surface area contributed by atoms with Gasteiger partial charge in [-0.1, -0.05) is 12.8 Å². The van der Waals surface area contributed by atoms with Crippen molar-refractivity contribution in [2.75, 3.05) is 12.3 Å². The summed E-state index contributed by atoms with van der Waals surface area (Å²) in [6, 6.07) is -0.814. The fourth-order valence-electron chi connectivity index (χ4n) is 4.38. The van der Waals surface area contributed by atoms with Gasteiger partial charge >= 0.3 is 18.0 Å². The number of hydrogen-bond acceptors (Lipinski definition) is 8. The number of hydrogen-bond donors (Lipinski definition) is 4. The largest absolute Gasteiger partial charge is 0.481 e. The third kappa shape index (κ3) is 6.19. The summed E-state index contributed by atoms with van der Waals surface area (Å²) in [7, 11) is 0. The number of nitrogens with zero attached hydrogens (tertiary/aromatic N) is 1. The van der Waals surface area contributed by atoms with E-state index in [2.05, 4.69) is 16.0 Å². The van der Waals surface area contributed by atoms with Crippen molar-refractivity contribution in [3.05, 3.63) is 0 Å².